The minimum Gasteiger partial charge on any atom is -0.508 e. The Hall–Kier alpha value is -5.12. The van der Waals surface area contributed by atoms with E-state index < -0.39 is 17.2 Å². The molecule has 0 aliphatic carbocycles. The monoisotopic (exact) mass is 476 g/mol. The zero-order valence-corrected chi connectivity index (χ0v) is 17.9. The standard InChI is InChI=1S/C25H16O10/c1-9-2-10(26)4-12(3-9)32-22-14(29)7-15(30)23-25(22)35-21-16(31)8-18-20(24(21)34-23)19-13(28)5-11(27)6-17(19)33-18/h2-8,26-31H,1H3. The number of benzene rings is 4. The molecule has 0 amide bonds. The molecular formula is C25H16O10. The molecule has 35 heavy (non-hydrogen) atoms. The molecule has 0 bridgehead atoms. The first-order chi connectivity index (χ1) is 16.7. The summed E-state index contributed by atoms with van der Waals surface area (Å²) in [5.74, 6) is -2.79. The Morgan fingerprint density at radius 3 is 2.00 bits per heavy atom. The average Bonchev–Trinajstić information content (AvgIpc) is 3.13. The summed E-state index contributed by atoms with van der Waals surface area (Å²) in [6.07, 6.45) is 0. The van der Waals surface area contributed by atoms with Crippen LogP contribution in [0.25, 0.3) is 21.9 Å². The Kier molecular flexibility index (Phi) is 4.06. The van der Waals surface area contributed by atoms with Crippen LogP contribution in [0.3, 0.4) is 0 Å². The van der Waals surface area contributed by atoms with Crippen molar-refractivity contribution in [2.24, 2.45) is 0 Å². The summed E-state index contributed by atoms with van der Waals surface area (Å²) in [6.45, 7) is 1.74. The van der Waals surface area contributed by atoms with Crippen LogP contribution in [0.2, 0.25) is 0 Å². The van der Waals surface area contributed by atoms with Crippen LogP contribution in [0.1, 0.15) is 5.56 Å². The van der Waals surface area contributed by atoms with Gasteiger partial charge in [0.15, 0.2) is 23.0 Å². The highest BCUT2D eigenvalue weighted by molar-refractivity contribution is 6.13. The normalized spacial score (nSPS) is 12.1. The number of hydrogen-bond donors (Lipinski definition) is 6. The van der Waals surface area contributed by atoms with Gasteiger partial charge in [-0.2, -0.15) is 0 Å². The van der Waals surface area contributed by atoms with Crippen LogP contribution in [-0.4, -0.2) is 30.6 Å². The van der Waals surface area contributed by atoms with E-state index in [9.17, 15) is 30.6 Å². The molecular weight excluding hydrogens is 460 g/mol. The number of ether oxygens (including phenoxy) is 3. The Labute approximate surface area is 195 Å². The highest BCUT2D eigenvalue weighted by Crippen LogP contribution is 2.62. The third-order valence-corrected chi connectivity index (χ3v) is 5.53. The molecule has 6 N–H and O–H groups in total. The maximum Gasteiger partial charge on any atom is 0.220 e. The number of rotatable bonds is 2. The summed E-state index contributed by atoms with van der Waals surface area (Å²) in [5.41, 5.74) is 0.930. The first-order valence-corrected chi connectivity index (χ1v) is 10.3. The summed E-state index contributed by atoms with van der Waals surface area (Å²) in [4.78, 5) is 0. The van der Waals surface area contributed by atoms with Crippen molar-refractivity contribution >= 4 is 21.9 Å². The van der Waals surface area contributed by atoms with E-state index in [0.717, 1.165) is 12.1 Å². The van der Waals surface area contributed by atoms with E-state index in [1.807, 2.05) is 0 Å². The molecule has 0 atom stereocenters. The summed E-state index contributed by atoms with van der Waals surface area (Å²) >= 11 is 0. The number of phenolic OH excluding ortho intramolecular Hbond substituents is 6. The molecule has 176 valence electrons. The second-order valence-corrected chi connectivity index (χ2v) is 8.08. The van der Waals surface area contributed by atoms with Gasteiger partial charge >= 0.3 is 0 Å². The summed E-state index contributed by atoms with van der Waals surface area (Å²) in [7, 11) is 0. The molecule has 2 heterocycles. The smallest absolute Gasteiger partial charge is 0.220 e. The zero-order chi connectivity index (χ0) is 24.6. The maximum absolute atomic E-state index is 10.6. The van der Waals surface area contributed by atoms with E-state index in [-0.39, 0.29) is 73.7 Å². The van der Waals surface area contributed by atoms with Gasteiger partial charge in [-0.05, 0) is 24.6 Å². The van der Waals surface area contributed by atoms with Crippen molar-refractivity contribution in [1.82, 2.24) is 0 Å². The summed E-state index contributed by atoms with van der Waals surface area (Å²) < 4.78 is 23.2. The molecule has 6 rings (SSSR count). The van der Waals surface area contributed by atoms with Gasteiger partial charge in [-0.15, -0.1) is 0 Å². The number of aryl methyl sites for hydroxylation is 1. The van der Waals surface area contributed by atoms with Crippen LogP contribution in [0, 0.1) is 6.92 Å². The highest BCUT2D eigenvalue weighted by Gasteiger charge is 2.34. The zero-order valence-electron chi connectivity index (χ0n) is 17.9. The molecule has 10 heteroatoms. The van der Waals surface area contributed by atoms with E-state index in [0.29, 0.717) is 5.56 Å². The SMILES string of the molecule is Cc1cc(O)cc(Oc2c(O)cc(O)c3c2Oc2c(O)cc4oc5cc(O)cc(O)c5c4c2O3)c1. The van der Waals surface area contributed by atoms with E-state index in [1.54, 1.807) is 13.0 Å². The number of phenols is 6. The molecule has 1 aromatic heterocycles. The largest absolute Gasteiger partial charge is 0.508 e. The number of fused-ring (bicyclic) bond motifs is 6. The molecule has 0 fully saturated rings. The summed E-state index contributed by atoms with van der Waals surface area (Å²) in [6, 6.07) is 9.07. The van der Waals surface area contributed by atoms with Gasteiger partial charge in [0.05, 0.1) is 10.8 Å². The molecule has 0 saturated heterocycles. The van der Waals surface area contributed by atoms with Gasteiger partial charge in [0.2, 0.25) is 23.0 Å². The molecule has 0 spiro atoms. The fraction of sp³-hybridized carbons (Fsp3) is 0.0400. The Balaban J connectivity index is 1.56. The molecule has 4 aromatic carbocycles. The first-order valence-electron chi connectivity index (χ1n) is 10.3. The lowest BCUT2D eigenvalue weighted by Crippen LogP contribution is -2.02. The van der Waals surface area contributed by atoms with Gasteiger partial charge in [-0.1, -0.05) is 0 Å². The van der Waals surface area contributed by atoms with Crippen molar-refractivity contribution < 1.29 is 49.3 Å². The van der Waals surface area contributed by atoms with E-state index >= 15 is 0 Å². The fourth-order valence-electron chi connectivity index (χ4n) is 4.15. The topological polar surface area (TPSA) is 162 Å². The van der Waals surface area contributed by atoms with Gasteiger partial charge in [0.1, 0.15) is 34.2 Å². The average molecular weight is 476 g/mol. The number of furan rings is 1. The molecule has 1 aliphatic heterocycles. The van der Waals surface area contributed by atoms with Gasteiger partial charge in [-0.25, -0.2) is 0 Å². The third-order valence-electron chi connectivity index (χ3n) is 5.53. The minimum absolute atomic E-state index is 0.0626. The second-order valence-electron chi connectivity index (χ2n) is 8.08. The molecule has 0 saturated carbocycles. The van der Waals surface area contributed by atoms with E-state index in [2.05, 4.69) is 0 Å². The van der Waals surface area contributed by atoms with E-state index in [4.69, 9.17) is 18.6 Å². The van der Waals surface area contributed by atoms with Crippen LogP contribution in [-0.2, 0) is 0 Å². The minimum atomic E-state index is -0.492. The summed E-state index contributed by atoms with van der Waals surface area (Å²) in [5, 5.41) is 62.2. The lowest BCUT2D eigenvalue weighted by atomic mass is 10.1. The van der Waals surface area contributed by atoms with Crippen LogP contribution in [0.4, 0.5) is 0 Å². The van der Waals surface area contributed by atoms with Gasteiger partial charge in [0.25, 0.3) is 0 Å². The molecule has 5 aromatic rings. The second kappa shape index (κ2) is 6.94. The fourth-order valence-corrected chi connectivity index (χ4v) is 4.15. The molecule has 10 nitrogen and oxygen atoms in total. The predicted octanol–water partition coefficient (Wildman–Crippen LogP) is 5.82. The van der Waals surface area contributed by atoms with Crippen molar-refractivity contribution in [2.75, 3.05) is 0 Å². The van der Waals surface area contributed by atoms with Crippen LogP contribution in [0.5, 0.6) is 69.0 Å². The van der Waals surface area contributed by atoms with Crippen LogP contribution in [0.15, 0.2) is 46.9 Å². The first kappa shape index (κ1) is 20.5. The van der Waals surface area contributed by atoms with Crippen LogP contribution >= 0.6 is 0 Å². The maximum atomic E-state index is 10.6. The predicted molar refractivity (Wildman–Crippen MR) is 122 cm³/mol. The lowest BCUT2D eigenvalue weighted by molar-refractivity contribution is 0.303. The van der Waals surface area contributed by atoms with Crippen molar-refractivity contribution in [3.63, 3.8) is 0 Å². The van der Waals surface area contributed by atoms with Crippen molar-refractivity contribution in [1.29, 1.82) is 0 Å². The highest BCUT2D eigenvalue weighted by atomic mass is 16.6. The Morgan fingerprint density at radius 2 is 1.23 bits per heavy atom. The van der Waals surface area contributed by atoms with Crippen molar-refractivity contribution in [2.45, 2.75) is 6.92 Å². The number of hydrogen-bond acceptors (Lipinski definition) is 10. The third kappa shape index (κ3) is 3.04. The Morgan fingerprint density at radius 1 is 0.571 bits per heavy atom. The quantitative estimate of drug-likeness (QED) is 0.180. The van der Waals surface area contributed by atoms with E-state index in [1.165, 1.54) is 24.3 Å². The van der Waals surface area contributed by atoms with Gasteiger partial charge in [-0.3, -0.25) is 0 Å². The van der Waals surface area contributed by atoms with Crippen molar-refractivity contribution in [3.05, 3.63) is 48.0 Å². The van der Waals surface area contributed by atoms with Gasteiger partial charge in [0, 0.05) is 30.3 Å². The Bertz CT molecular complexity index is 1680. The van der Waals surface area contributed by atoms with Gasteiger partial charge < -0.3 is 49.3 Å². The molecule has 1 aliphatic rings. The lowest BCUT2D eigenvalue weighted by Gasteiger charge is -2.24. The van der Waals surface area contributed by atoms with Crippen LogP contribution < -0.4 is 14.2 Å². The molecule has 0 radical (unpaired) electrons. The molecule has 0 unspecified atom stereocenters. The van der Waals surface area contributed by atoms with Crippen molar-refractivity contribution in [3.8, 4) is 69.0 Å². The number of aromatic hydroxyl groups is 6.